The van der Waals surface area contributed by atoms with Crippen molar-refractivity contribution in [1.29, 1.82) is 5.26 Å². The second-order valence-corrected chi connectivity index (χ2v) is 7.26. The summed E-state index contributed by atoms with van der Waals surface area (Å²) in [6.45, 7) is 0. The maximum absolute atomic E-state index is 9.66. The van der Waals surface area contributed by atoms with Gasteiger partial charge < -0.3 is 19.5 Å². The summed E-state index contributed by atoms with van der Waals surface area (Å²) in [4.78, 5) is 0. The van der Waals surface area contributed by atoms with E-state index in [0.717, 1.165) is 16.8 Å². The van der Waals surface area contributed by atoms with Crippen molar-refractivity contribution in [2.24, 2.45) is 5.92 Å². The van der Waals surface area contributed by atoms with Gasteiger partial charge in [0.2, 0.25) is 5.75 Å². The summed E-state index contributed by atoms with van der Waals surface area (Å²) in [7, 11) is 3.24. The Morgan fingerprint density at radius 1 is 1.24 bits per heavy atom. The molecule has 4 rings (SSSR count). The number of nitrogens with zero attached hydrogens (tertiary/aromatic N) is 1. The van der Waals surface area contributed by atoms with Crippen LogP contribution in [0.15, 0.2) is 54.2 Å². The molecule has 5 heteroatoms. The van der Waals surface area contributed by atoms with Crippen LogP contribution in [0.1, 0.15) is 24.0 Å². The normalized spacial score (nSPS) is 17.7. The number of benzene rings is 2. The average Bonchev–Trinajstić information content (AvgIpc) is 3.62. The molecule has 0 bridgehead atoms. The Morgan fingerprint density at radius 3 is 2.69 bits per heavy atom. The van der Waals surface area contributed by atoms with Gasteiger partial charge in [0.25, 0.3) is 0 Å². The van der Waals surface area contributed by atoms with E-state index in [9.17, 15) is 5.26 Å². The second-order valence-electron chi connectivity index (χ2n) is 7.26. The van der Waals surface area contributed by atoms with E-state index in [4.69, 9.17) is 14.2 Å². The highest BCUT2D eigenvalue weighted by Crippen LogP contribution is 2.48. The zero-order chi connectivity index (χ0) is 20.2. The fraction of sp³-hybridized carbons (Fsp3) is 0.292. The maximum Gasteiger partial charge on any atom is 0.203 e. The number of para-hydroxylation sites is 1. The standard InChI is InChI=1S/C24H24N2O3/c1-27-22-13-18(12-16(14-25)15-26-19-6-4-3-5-7-19)20-10-11-21(17-8-9-17)29-23(20)24(22)28-2/h3-7,10-11,13,15,17,21,26H,8-9,12H2,1-2H3/b16-15+. The van der Waals surface area contributed by atoms with Gasteiger partial charge in [-0.15, -0.1) is 0 Å². The SMILES string of the molecule is COc1cc(C/C(C#N)=C\Nc2ccccc2)c2c(c1OC)OC(C1CC1)C=C2. The lowest BCUT2D eigenvalue weighted by Crippen LogP contribution is -2.20. The number of rotatable bonds is 7. The van der Waals surface area contributed by atoms with Gasteiger partial charge in [0.05, 0.1) is 20.3 Å². The van der Waals surface area contributed by atoms with E-state index < -0.39 is 0 Å². The van der Waals surface area contributed by atoms with Gasteiger partial charge in [0.1, 0.15) is 6.10 Å². The van der Waals surface area contributed by atoms with Crippen LogP contribution in [0.25, 0.3) is 6.08 Å². The van der Waals surface area contributed by atoms with Crippen molar-refractivity contribution in [3.8, 4) is 23.3 Å². The van der Waals surface area contributed by atoms with Gasteiger partial charge in [0.15, 0.2) is 11.5 Å². The molecule has 0 radical (unpaired) electrons. The summed E-state index contributed by atoms with van der Waals surface area (Å²) < 4.78 is 17.4. The van der Waals surface area contributed by atoms with Crippen LogP contribution >= 0.6 is 0 Å². The molecule has 2 aliphatic rings. The van der Waals surface area contributed by atoms with Crippen LogP contribution in [-0.2, 0) is 6.42 Å². The van der Waals surface area contributed by atoms with Crippen molar-refractivity contribution in [2.75, 3.05) is 19.5 Å². The van der Waals surface area contributed by atoms with Gasteiger partial charge in [0, 0.05) is 29.4 Å². The minimum absolute atomic E-state index is 0.0714. The van der Waals surface area contributed by atoms with Crippen molar-refractivity contribution < 1.29 is 14.2 Å². The molecule has 0 spiro atoms. The second kappa shape index (κ2) is 8.32. The first-order valence-electron chi connectivity index (χ1n) is 9.77. The predicted molar refractivity (Wildman–Crippen MR) is 113 cm³/mol. The van der Waals surface area contributed by atoms with E-state index in [1.165, 1.54) is 12.8 Å². The van der Waals surface area contributed by atoms with Gasteiger partial charge in [-0.2, -0.15) is 5.26 Å². The van der Waals surface area contributed by atoms with Crippen molar-refractivity contribution in [1.82, 2.24) is 0 Å². The van der Waals surface area contributed by atoms with Crippen LogP contribution in [0.4, 0.5) is 5.69 Å². The number of hydrogen-bond acceptors (Lipinski definition) is 5. The molecule has 2 aromatic carbocycles. The lowest BCUT2D eigenvalue weighted by atomic mass is 9.96. The van der Waals surface area contributed by atoms with Gasteiger partial charge in [-0.3, -0.25) is 0 Å². The molecule has 1 heterocycles. The molecule has 0 saturated heterocycles. The molecule has 1 N–H and O–H groups in total. The maximum atomic E-state index is 9.66. The molecule has 148 valence electrons. The molecule has 1 aliphatic heterocycles. The largest absolute Gasteiger partial charge is 0.493 e. The number of fused-ring (bicyclic) bond motifs is 1. The van der Waals surface area contributed by atoms with E-state index in [2.05, 4.69) is 23.5 Å². The minimum atomic E-state index is 0.0714. The molecule has 1 aliphatic carbocycles. The number of methoxy groups -OCH3 is 2. The number of nitrogens with one attached hydrogen (secondary N) is 1. The fourth-order valence-corrected chi connectivity index (χ4v) is 3.55. The van der Waals surface area contributed by atoms with Crippen molar-refractivity contribution in [3.63, 3.8) is 0 Å². The molecule has 0 amide bonds. The number of nitriles is 1. The Bertz CT molecular complexity index is 985. The molecule has 1 atom stereocenters. The Morgan fingerprint density at radius 2 is 2.03 bits per heavy atom. The summed E-state index contributed by atoms with van der Waals surface area (Å²) in [5, 5.41) is 12.8. The topological polar surface area (TPSA) is 63.5 Å². The molecule has 29 heavy (non-hydrogen) atoms. The highest BCUT2D eigenvalue weighted by atomic mass is 16.5. The third-order valence-electron chi connectivity index (χ3n) is 5.25. The minimum Gasteiger partial charge on any atom is -0.493 e. The Kier molecular flexibility index (Phi) is 5.44. The Labute approximate surface area is 171 Å². The first-order chi connectivity index (χ1) is 14.2. The smallest absolute Gasteiger partial charge is 0.203 e. The highest BCUT2D eigenvalue weighted by Gasteiger charge is 2.35. The molecule has 1 saturated carbocycles. The summed E-state index contributed by atoms with van der Waals surface area (Å²) >= 11 is 0. The Balaban J connectivity index is 1.66. The number of ether oxygens (including phenoxy) is 3. The van der Waals surface area contributed by atoms with E-state index in [-0.39, 0.29) is 6.10 Å². The van der Waals surface area contributed by atoms with Gasteiger partial charge in [-0.05, 0) is 48.6 Å². The lowest BCUT2D eigenvalue weighted by Gasteiger charge is -2.26. The molecule has 1 unspecified atom stereocenters. The lowest BCUT2D eigenvalue weighted by molar-refractivity contribution is 0.209. The van der Waals surface area contributed by atoms with Crippen LogP contribution in [0, 0.1) is 17.2 Å². The number of hydrogen-bond donors (Lipinski definition) is 1. The van der Waals surface area contributed by atoms with E-state index in [0.29, 0.717) is 35.2 Å². The molecule has 1 fully saturated rings. The summed E-state index contributed by atoms with van der Waals surface area (Å²) in [6.07, 6.45) is 8.87. The van der Waals surface area contributed by atoms with E-state index >= 15 is 0 Å². The first-order valence-corrected chi connectivity index (χ1v) is 9.77. The van der Waals surface area contributed by atoms with Gasteiger partial charge in [-0.25, -0.2) is 0 Å². The quantitative estimate of drug-likeness (QED) is 0.680. The van der Waals surface area contributed by atoms with Crippen LogP contribution in [0.5, 0.6) is 17.2 Å². The summed E-state index contributed by atoms with van der Waals surface area (Å²) in [6, 6.07) is 14.0. The molecular formula is C24H24N2O3. The Hall–Kier alpha value is -3.39. The van der Waals surface area contributed by atoms with E-state index in [1.54, 1.807) is 20.4 Å². The first kappa shape index (κ1) is 18.9. The zero-order valence-electron chi connectivity index (χ0n) is 16.6. The van der Waals surface area contributed by atoms with Crippen LogP contribution in [0.3, 0.4) is 0 Å². The van der Waals surface area contributed by atoms with Crippen molar-refractivity contribution in [3.05, 3.63) is 65.4 Å². The average molecular weight is 388 g/mol. The van der Waals surface area contributed by atoms with Crippen LogP contribution in [0.2, 0.25) is 0 Å². The monoisotopic (exact) mass is 388 g/mol. The summed E-state index contributed by atoms with van der Waals surface area (Å²) in [5.41, 5.74) is 3.46. The van der Waals surface area contributed by atoms with Crippen LogP contribution in [-0.4, -0.2) is 20.3 Å². The molecule has 5 nitrogen and oxygen atoms in total. The summed E-state index contributed by atoms with van der Waals surface area (Å²) in [5.74, 6) is 2.49. The molecule has 0 aromatic heterocycles. The van der Waals surface area contributed by atoms with Gasteiger partial charge in [-0.1, -0.05) is 24.3 Å². The molecular weight excluding hydrogens is 364 g/mol. The predicted octanol–water partition coefficient (Wildman–Crippen LogP) is 4.95. The number of anilines is 1. The number of allylic oxidation sites excluding steroid dienone is 1. The third-order valence-corrected chi connectivity index (χ3v) is 5.25. The van der Waals surface area contributed by atoms with E-state index in [1.807, 2.05) is 36.4 Å². The third kappa shape index (κ3) is 4.07. The van der Waals surface area contributed by atoms with Gasteiger partial charge >= 0.3 is 0 Å². The molecule has 2 aromatic rings. The fourth-order valence-electron chi connectivity index (χ4n) is 3.55. The van der Waals surface area contributed by atoms with Crippen molar-refractivity contribution >= 4 is 11.8 Å². The van der Waals surface area contributed by atoms with Crippen molar-refractivity contribution in [2.45, 2.75) is 25.4 Å². The van der Waals surface area contributed by atoms with Crippen LogP contribution < -0.4 is 19.5 Å². The zero-order valence-corrected chi connectivity index (χ0v) is 16.6. The highest BCUT2D eigenvalue weighted by molar-refractivity contribution is 5.72.